The van der Waals surface area contributed by atoms with Crippen molar-refractivity contribution in [3.05, 3.63) is 59.7 Å². The number of ether oxygens (including phenoxy) is 1. The number of hydrogen-bond donors (Lipinski definition) is 0. The van der Waals surface area contributed by atoms with Crippen molar-refractivity contribution in [2.45, 2.75) is 81.8 Å². The summed E-state index contributed by atoms with van der Waals surface area (Å²) in [5.41, 5.74) is 0.310. The summed E-state index contributed by atoms with van der Waals surface area (Å²) in [7, 11) is -7.75. The van der Waals surface area contributed by atoms with E-state index in [9.17, 15) is 16.8 Å². The van der Waals surface area contributed by atoms with Gasteiger partial charge in [0.1, 0.15) is 0 Å². The van der Waals surface area contributed by atoms with Crippen LogP contribution in [0.15, 0.2) is 58.3 Å². The Labute approximate surface area is 204 Å². The Morgan fingerprint density at radius 1 is 0.706 bits per heavy atom. The second kappa shape index (κ2) is 11.3. The summed E-state index contributed by atoms with van der Waals surface area (Å²) in [5, 5.41) is 0. The largest absolute Gasteiger partial charge is 0.375 e. The van der Waals surface area contributed by atoms with E-state index in [0.29, 0.717) is 19.3 Å². The van der Waals surface area contributed by atoms with E-state index in [4.69, 9.17) is 13.1 Å². The highest BCUT2D eigenvalue weighted by Gasteiger charge is 2.32. The van der Waals surface area contributed by atoms with Crippen LogP contribution < -0.4 is 0 Å². The molecule has 0 aromatic heterocycles. The van der Waals surface area contributed by atoms with E-state index >= 15 is 0 Å². The zero-order valence-electron chi connectivity index (χ0n) is 20.8. The molecular formula is C25H36O7S2. The molecule has 0 amide bonds. The number of hydrogen-bond acceptors (Lipinski definition) is 7. The van der Waals surface area contributed by atoms with Gasteiger partial charge in [-0.15, -0.1) is 0 Å². The molecule has 2 aromatic rings. The van der Waals surface area contributed by atoms with Gasteiger partial charge in [0.2, 0.25) is 0 Å². The molecule has 0 fully saturated rings. The Kier molecular flexibility index (Phi) is 9.46. The first-order valence-corrected chi connectivity index (χ1v) is 14.1. The topological polar surface area (TPSA) is 96.0 Å². The number of aryl methyl sites for hydroxylation is 2. The molecule has 0 spiro atoms. The molecule has 2 aromatic carbocycles. The average Bonchev–Trinajstić information content (AvgIpc) is 2.73. The maximum Gasteiger partial charge on any atom is 0.297 e. The van der Waals surface area contributed by atoms with E-state index in [0.717, 1.165) is 11.1 Å². The molecule has 9 heteroatoms. The van der Waals surface area contributed by atoms with Crippen LogP contribution in [0.25, 0.3) is 0 Å². The van der Waals surface area contributed by atoms with Crippen LogP contribution in [0.3, 0.4) is 0 Å². The molecule has 0 aliphatic rings. The van der Waals surface area contributed by atoms with E-state index in [1.807, 2.05) is 34.6 Å². The van der Waals surface area contributed by atoms with Gasteiger partial charge < -0.3 is 4.74 Å². The maximum atomic E-state index is 12.7. The lowest BCUT2D eigenvalue weighted by Gasteiger charge is -2.31. The van der Waals surface area contributed by atoms with Crippen molar-refractivity contribution in [2.24, 2.45) is 0 Å². The van der Waals surface area contributed by atoms with E-state index in [2.05, 4.69) is 0 Å². The van der Waals surface area contributed by atoms with E-state index < -0.39 is 31.4 Å². The Morgan fingerprint density at radius 3 is 1.65 bits per heavy atom. The van der Waals surface area contributed by atoms with Gasteiger partial charge in [-0.3, -0.25) is 8.37 Å². The zero-order chi connectivity index (χ0) is 25.6. The summed E-state index contributed by atoms with van der Waals surface area (Å²) < 4.78 is 66.8. The fourth-order valence-electron chi connectivity index (χ4n) is 3.08. The van der Waals surface area contributed by atoms with Gasteiger partial charge in [0.25, 0.3) is 20.2 Å². The average molecular weight is 513 g/mol. The smallest absolute Gasteiger partial charge is 0.297 e. The van der Waals surface area contributed by atoms with Crippen molar-refractivity contribution in [3.63, 3.8) is 0 Å². The monoisotopic (exact) mass is 512 g/mol. The van der Waals surface area contributed by atoms with E-state index in [-0.39, 0.29) is 23.0 Å². The maximum absolute atomic E-state index is 12.7. The van der Waals surface area contributed by atoms with Crippen LogP contribution in [0, 0.1) is 13.8 Å². The van der Waals surface area contributed by atoms with Crippen molar-refractivity contribution in [2.75, 3.05) is 13.2 Å². The molecule has 1 atom stereocenters. The lowest BCUT2D eigenvalue weighted by Crippen LogP contribution is -2.35. The normalized spacial score (nSPS) is 14.6. The van der Waals surface area contributed by atoms with Crippen molar-refractivity contribution in [1.29, 1.82) is 0 Å². The second-order valence-corrected chi connectivity index (χ2v) is 12.5. The van der Waals surface area contributed by atoms with Crippen LogP contribution in [0.2, 0.25) is 0 Å². The van der Waals surface area contributed by atoms with Crippen molar-refractivity contribution in [1.82, 2.24) is 0 Å². The standard InChI is InChI=1S/C25H36O7S2/c1-7-25(6,32-34(28,29)23-14-10-21(3)11-15-23)17-18-30-24(4,5)16-19-31-33(26,27)22-12-8-20(2)9-13-22/h8-15H,7,16-19H2,1-6H3. The first-order chi connectivity index (χ1) is 15.7. The Balaban J connectivity index is 1.88. The predicted octanol–water partition coefficient (Wildman–Crippen LogP) is 5.16. The van der Waals surface area contributed by atoms with Crippen molar-refractivity contribution >= 4 is 20.2 Å². The molecule has 0 bridgehead atoms. The number of benzene rings is 2. The minimum absolute atomic E-state index is 0.0352. The lowest BCUT2D eigenvalue weighted by molar-refractivity contribution is -0.0524. The van der Waals surface area contributed by atoms with E-state index in [1.165, 1.54) is 24.3 Å². The van der Waals surface area contributed by atoms with Gasteiger partial charge in [0.05, 0.1) is 34.2 Å². The fourth-order valence-corrected chi connectivity index (χ4v) is 5.29. The van der Waals surface area contributed by atoms with Gasteiger partial charge in [-0.2, -0.15) is 16.8 Å². The first kappa shape index (κ1) is 28.5. The van der Waals surface area contributed by atoms with Gasteiger partial charge >= 0.3 is 0 Å². The summed E-state index contributed by atoms with van der Waals surface area (Å²) >= 11 is 0. The molecule has 1 unspecified atom stereocenters. The van der Waals surface area contributed by atoms with Crippen LogP contribution in [0.5, 0.6) is 0 Å². The molecular weight excluding hydrogens is 476 g/mol. The Morgan fingerprint density at radius 2 is 1.18 bits per heavy atom. The van der Waals surface area contributed by atoms with Crippen molar-refractivity contribution < 1.29 is 29.9 Å². The Hall–Kier alpha value is -1.78. The highest BCUT2D eigenvalue weighted by atomic mass is 32.2. The predicted molar refractivity (Wildman–Crippen MR) is 132 cm³/mol. The summed E-state index contributed by atoms with van der Waals surface area (Å²) in [6, 6.07) is 13.0. The summed E-state index contributed by atoms with van der Waals surface area (Å²) in [5.74, 6) is 0. The van der Waals surface area contributed by atoms with Crippen LogP contribution in [-0.2, 0) is 33.3 Å². The molecule has 34 heavy (non-hydrogen) atoms. The number of rotatable bonds is 13. The third-order valence-electron chi connectivity index (χ3n) is 5.74. The summed E-state index contributed by atoms with van der Waals surface area (Å²) in [6.45, 7) is 11.2. The molecule has 0 saturated heterocycles. The zero-order valence-corrected chi connectivity index (χ0v) is 22.5. The van der Waals surface area contributed by atoms with E-state index in [1.54, 1.807) is 31.2 Å². The van der Waals surface area contributed by atoms with Gasteiger partial charge in [-0.05, 0) is 65.3 Å². The molecule has 190 valence electrons. The van der Waals surface area contributed by atoms with Crippen LogP contribution in [0.1, 0.15) is 58.1 Å². The third-order valence-corrected chi connectivity index (χ3v) is 8.54. The van der Waals surface area contributed by atoms with Gasteiger partial charge in [-0.1, -0.05) is 42.3 Å². The van der Waals surface area contributed by atoms with Crippen LogP contribution >= 0.6 is 0 Å². The fraction of sp³-hybridized carbons (Fsp3) is 0.520. The molecule has 2 rings (SSSR count). The highest BCUT2D eigenvalue weighted by Crippen LogP contribution is 2.28. The van der Waals surface area contributed by atoms with Crippen LogP contribution in [0.4, 0.5) is 0 Å². The lowest BCUT2D eigenvalue weighted by atomic mass is 9.99. The molecule has 0 aliphatic carbocycles. The highest BCUT2D eigenvalue weighted by molar-refractivity contribution is 7.87. The van der Waals surface area contributed by atoms with Gasteiger partial charge in [0, 0.05) is 12.8 Å². The SMILES string of the molecule is CCC(C)(CCOC(C)(C)CCOS(=O)(=O)c1ccc(C)cc1)OS(=O)(=O)c1ccc(C)cc1. The summed E-state index contributed by atoms with van der Waals surface area (Å²) in [6.07, 6.45) is 1.16. The van der Waals surface area contributed by atoms with Crippen molar-refractivity contribution in [3.8, 4) is 0 Å². The Bertz CT molecular complexity index is 1140. The van der Waals surface area contributed by atoms with Gasteiger partial charge in [-0.25, -0.2) is 0 Å². The van der Waals surface area contributed by atoms with Crippen LogP contribution in [-0.4, -0.2) is 41.3 Å². The minimum atomic E-state index is -3.91. The third kappa shape index (κ3) is 8.46. The second-order valence-electron chi connectivity index (χ2n) is 9.35. The molecule has 0 aliphatic heterocycles. The summed E-state index contributed by atoms with van der Waals surface area (Å²) in [4.78, 5) is 0.230. The molecule has 0 saturated carbocycles. The quantitative estimate of drug-likeness (QED) is 0.342. The molecule has 0 radical (unpaired) electrons. The van der Waals surface area contributed by atoms with Gasteiger partial charge in [0.15, 0.2) is 0 Å². The molecule has 0 heterocycles. The first-order valence-electron chi connectivity index (χ1n) is 11.3. The minimum Gasteiger partial charge on any atom is -0.375 e. The molecule has 7 nitrogen and oxygen atoms in total. The molecule has 0 N–H and O–H groups in total.